The fourth-order valence-electron chi connectivity index (χ4n) is 2.13. The third-order valence-corrected chi connectivity index (χ3v) is 3.24. The van der Waals surface area contributed by atoms with Crippen LogP contribution in [0, 0.1) is 0 Å². The normalized spacial score (nSPS) is 21.6. The summed E-state index contributed by atoms with van der Waals surface area (Å²) >= 11 is 0. The maximum absolute atomic E-state index is 11.5. The largest absolute Gasteiger partial charge is 0.356 e. The zero-order valence-corrected chi connectivity index (χ0v) is 11.2. The molecule has 0 aromatic carbocycles. The van der Waals surface area contributed by atoms with Crippen LogP contribution in [0.1, 0.15) is 64.2 Å². The average Bonchev–Trinajstić information content (AvgIpc) is 2.34. The lowest BCUT2D eigenvalue weighted by atomic mass is 10.0. The summed E-state index contributed by atoms with van der Waals surface area (Å²) in [7, 11) is 0. The zero-order chi connectivity index (χ0) is 13.1. The summed E-state index contributed by atoms with van der Waals surface area (Å²) in [4.78, 5) is 23.0. The second-order valence-corrected chi connectivity index (χ2v) is 4.96. The van der Waals surface area contributed by atoms with Gasteiger partial charge < -0.3 is 5.32 Å². The molecule has 3 heteroatoms. The van der Waals surface area contributed by atoms with Gasteiger partial charge in [0, 0.05) is 25.8 Å². The van der Waals surface area contributed by atoms with Gasteiger partial charge in [-0.2, -0.15) is 0 Å². The van der Waals surface area contributed by atoms with Crippen molar-refractivity contribution in [2.75, 3.05) is 6.54 Å². The van der Waals surface area contributed by atoms with E-state index in [2.05, 4.69) is 17.5 Å². The highest BCUT2D eigenvalue weighted by atomic mass is 16.1. The third kappa shape index (κ3) is 8.04. The number of carbonyl (C=O) groups is 2. The summed E-state index contributed by atoms with van der Waals surface area (Å²) in [6, 6.07) is 0. The summed E-state index contributed by atoms with van der Waals surface area (Å²) in [5, 5.41) is 2.88. The van der Waals surface area contributed by atoms with E-state index in [4.69, 9.17) is 0 Å². The zero-order valence-electron chi connectivity index (χ0n) is 11.2. The molecule has 3 nitrogen and oxygen atoms in total. The molecule has 1 aliphatic rings. The van der Waals surface area contributed by atoms with Gasteiger partial charge in [0.15, 0.2) is 0 Å². The Balaban J connectivity index is 2.29. The summed E-state index contributed by atoms with van der Waals surface area (Å²) in [5.41, 5.74) is 0. The minimum atomic E-state index is 0.0725. The molecule has 1 aliphatic heterocycles. The van der Waals surface area contributed by atoms with Crippen LogP contribution in [0.25, 0.3) is 0 Å². The van der Waals surface area contributed by atoms with Crippen LogP contribution in [-0.2, 0) is 9.59 Å². The molecule has 0 unspecified atom stereocenters. The SMILES string of the molecule is O=C1CCCCCCC=CCCNC(=O)CCC1. The first-order valence-corrected chi connectivity index (χ1v) is 7.22. The molecule has 0 aliphatic carbocycles. The van der Waals surface area contributed by atoms with Gasteiger partial charge in [0.25, 0.3) is 0 Å². The van der Waals surface area contributed by atoms with Crippen molar-refractivity contribution < 1.29 is 9.59 Å². The van der Waals surface area contributed by atoms with Crippen molar-refractivity contribution in [2.45, 2.75) is 64.2 Å². The molecule has 0 radical (unpaired) electrons. The monoisotopic (exact) mass is 251 g/mol. The van der Waals surface area contributed by atoms with Gasteiger partial charge in [-0.05, 0) is 32.1 Å². The van der Waals surface area contributed by atoms with Crippen molar-refractivity contribution in [1.82, 2.24) is 5.32 Å². The number of Topliss-reactive ketones (excluding diaryl/α,β-unsaturated/α-hetero) is 1. The molecule has 0 spiro atoms. The molecule has 18 heavy (non-hydrogen) atoms. The Hall–Kier alpha value is -1.12. The smallest absolute Gasteiger partial charge is 0.220 e. The van der Waals surface area contributed by atoms with E-state index in [9.17, 15) is 9.59 Å². The van der Waals surface area contributed by atoms with Crippen molar-refractivity contribution in [3.8, 4) is 0 Å². The van der Waals surface area contributed by atoms with Crippen LogP contribution in [0.3, 0.4) is 0 Å². The molecule has 0 saturated carbocycles. The van der Waals surface area contributed by atoms with Crippen LogP contribution in [0.15, 0.2) is 12.2 Å². The van der Waals surface area contributed by atoms with E-state index >= 15 is 0 Å². The highest BCUT2D eigenvalue weighted by Gasteiger charge is 2.05. The molecule has 0 aromatic rings. The van der Waals surface area contributed by atoms with Crippen LogP contribution >= 0.6 is 0 Å². The van der Waals surface area contributed by atoms with Gasteiger partial charge in [-0.3, -0.25) is 9.59 Å². The number of hydrogen-bond donors (Lipinski definition) is 1. The Morgan fingerprint density at radius 1 is 0.778 bits per heavy atom. The maximum atomic E-state index is 11.5. The van der Waals surface area contributed by atoms with E-state index in [-0.39, 0.29) is 5.91 Å². The second kappa shape index (κ2) is 9.86. The number of nitrogens with one attached hydrogen (secondary N) is 1. The molecule has 1 rings (SSSR count). The molecular formula is C15H25NO2. The molecule has 0 atom stereocenters. The van der Waals surface area contributed by atoms with E-state index in [1.165, 1.54) is 12.8 Å². The fraction of sp³-hybridized carbons (Fsp3) is 0.733. The lowest BCUT2D eigenvalue weighted by Crippen LogP contribution is -2.23. The van der Waals surface area contributed by atoms with Gasteiger partial charge >= 0.3 is 0 Å². The summed E-state index contributed by atoms with van der Waals surface area (Å²) in [6.07, 6.45) is 13.4. The molecule has 1 N–H and O–H groups in total. The maximum Gasteiger partial charge on any atom is 0.220 e. The first kappa shape index (κ1) is 14.9. The van der Waals surface area contributed by atoms with E-state index < -0.39 is 0 Å². The van der Waals surface area contributed by atoms with Gasteiger partial charge in [0.1, 0.15) is 5.78 Å². The Morgan fingerprint density at radius 2 is 1.50 bits per heavy atom. The highest BCUT2D eigenvalue weighted by molar-refractivity contribution is 5.80. The number of rotatable bonds is 0. The van der Waals surface area contributed by atoms with Crippen LogP contribution in [0.5, 0.6) is 0 Å². The molecule has 1 amide bonds. The van der Waals surface area contributed by atoms with E-state index in [0.717, 1.165) is 25.7 Å². The van der Waals surface area contributed by atoms with E-state index in [0.29, 0.717) is 38.0 Å². The molecule has 0 aromatic heterocycles. The number of ketones is 1. The van der Waals surface area contributed by atoms with E-state index in [1.54, 1.807) is 0 Å². The van der Waals surface area contributed by atoms with Crippen molar-refractivity contribution in [1.29, 1.82) is 0 Å². The molecule has 0 fully saturated rings. The Kier molecular flexibility index (Phi) is 8.19. The third-order valence-electron chi connectivity index (χ3n) is 3.24. The minimum absolute atomic E-state index is 0.0725. The van der Waals surface area contributed by atoms with Gasteiger partial charge in [-0.25, -0.2) is 0 Å². The van der Waals surface area contributed by atoms with Crippen molar-refractivity contribution in [2.24, 2.45) is 0 Å². The molecule has 102 valence electrons. The Bertz CT molecular complexity index is 284. The van der Waals surface area contributed by atoms with Crippen molar-refractivity contribution in [3.63, 3.8) is 0 Å². The van der Waals surface area contributed by atoms with E-state index in [1.807, 2.05) is 0 Å². The predicted octanol–water partition coefficient (Wildman–Crippen LogP) is 3.14. The van der Waals surface area contributed by atoms with Gasteiger partial charge in [0.05, 0.1) is 0 Å². The predicted molar refractivity (Wildman–Crippen MR) is 73.3 cm³/mol. The first-order chi connectivity index (χ1) is 8.79. The number of allylic oxidation sites excluding steroid dienone is 1. The standard InChI is InChI=1S/C15H25NO2/c17-14-10-7-5-3-1-2-4-6-8-13-16-15(18)12-9-11-14/h4,6H,1-3,5,7-13H2,(H,16,18). The Labute approximate surface area is 110 Å². The van der Waals surface area contributed by atoms with Gasteiger partial charge in [-0.15, -0.1) is 0 Å². The summed E-state index contributed by atoms with van der Waals surface area (Å²) in [5.74, 6) is 0.387. The Morgan fingerprint density at radius 3 is 2.39 bits per heavy atom. The molecular weight excluding hydrogens is 226 g/mol. The number of carbonyl (C=O) groups excluding carboxylic acids is 2. The van der Waals surface area contributed by atoms with Crippen LogP contribution in [0.2, 0.25) is 0 Å². The van der Waals surface area contributed by atoms with Crippen molar-refractivity contribution in [3.05, 3.63) is 12.2 Å². The van der Waals surface area contributed by atoms with Gasteiger partial charge in [-0.1, -0.05) is 25.0 Å². The molecule has 0 saturated heterocycles. The lowest BCUT2D eigenvalue weighted by molar-refractivity contribution is -0.121. The van der Waals surface area contributed by atoms with Crippen LogP contribution < -0.4 is 5.32 Å². The first-order valence-electron chi connectivity index (χ1n) is 7.22. The van der Waals surface area contributed by atoms with Crippen molar-refractivity contribution >= 4 is 11.7 Å². The van der Waals surface area contributed by atoms with Crippen LogP contribution in [-0.4, -0.2) is 18.2 Å². The topological polar surface area (TPSA) is 46.2 Å². The lowest BCUT2D eigenvalue weighted by Gasteiger charge is -2.04. The average molecular weight is 251 g/mol. The quantitative estimate of drug-likeness (QED) is 0.672. The molecule has 1 heterocycles. The number of amides is 1. The molecule has 0 bridgehead atoms. The summed E-state index contributed by atoms with van der Waals surface area (Å²) in [6.45, 7) is 0.712. The summed E-state index contributed by atoms with van der Waals surface area (Å²) < 4.78 is 0. The van der Waals surface area contributed by atoms with Gasteiger partial charge in [0.2, 0.25) is 5.91 Å². The highest BCUT2D eigenvalue weighted by Crippen LogP contribution is 2.09. The van der Waals surface area contributed by atoms with Crippen LogP contribution in [0.4, 0.5) is 0 Å². The fourth-order valence-corrected chi connectivity index (χ4v) is 2.13. The second-order valence-electron chi connectivity index (χ2n) is 4.96. The number of hydrogen-bond acceptors (Lipinski definition) is 2. The minimum Gasteiger partial charge on any atom is -0.356 e.